The zero-order valence-electron chi connectivity index (χ0n) is 12.2. The third kappa shape index (κ3) is 3.69. The lowest BCUT2D eigenvalue weighted by Gasteiger charge is -2.39. The van der Waals surface area contributed by atoms with Crippen LogP contribution in [0.3, 0.4) is 0 Å². The van der Waals surface area contributed by atoms with Crippen molar-refractivity contribution in [2.24, 2.45) is 11.7 Å². The van der Waals surface area contributed by atoms with E-state index in [2.05, 4.69) is 0 Å². The number of nitro groups is 1. The fourth-order valence-corrected chi connectivity index (χ4v) is 3.02. The van der Waals surface area contributed by atoms with E-state index in [0.717, 1.165) is 12.8 Å². The number of hydrogen-bond acceptors (Lipinski definition) is 4. The fraction of sp³-hybridized carbons (Fsp3) is 0.500. The van der Waals surface area contributed by atoms with Crippen LogP contribution in [0.15, 0.2) is 18.2 Å². The first kappa shape index (κ1) is 18.7. The number of hydrogen-bond donors (Lipinski definition) is 1. The molecule has 1 amide bonds. The van der Waals surface area contributed by atoms with Crippen LogP contribution >= 0.6 is 24.0 Å². The van der Waals surface area contributed by atoms with E-state index in [4.69, 9.17) is 17.3 Å². The molecule has 0 bridgehead atoms. The van der Waals surface area contributed by atoms with E-state index < -0.39 is 4.92 Å². The number of carbonyl (C=O) groups excluding carboxylic acids is 1. The molecule has 2 N–H and O–H groups in total. The number of amides is 1. The zero-order chi connectivity index (χ0) is 15.6. The van der Waals surface area contributed by atoms with Crippen LogP contribution in [-0.4, -0.2) is 34.9 Å². The minimum atomic E-state index is -0.579. The third-order valence-electron chi connectivity index (χ3n) is 4.00. The molecule has 0 saturated carbocycles. The van der Waals surface area contributed by atoms with Crippen molar-refractivity contribution in [1.82, 2.24) is 4.90 Å². The van der Waals surface area contributed by atoms with Gasteiger partial charge in [-0.25, -0.2) is 0 Å². The van der Waals surface area contributed by atoms with E-state index in [9.17, 15) is 14.9 Å². The molecule has 1 aromatic carbocycles. The monoisotopic (exact) mass is 347 g/mol. The minimum absolute atomic E-state index is 0. The summed E-state index contributed by atoms with van der Waals surface area (Å²) in [7, 11) is 0. The lowest BCUT2D eigenvalue weighted by molar-refractivity contribution is -0.385. The summed E-state index contributed by atoms with van der Waals surface area (Å²) in [6.07, 6.45) is 1.89. The van der Waals surface area contributed by atoms with E-state index in [1.54, 1.807) is 4.90 Å². The smallest absolute Gasteiger partial charge is 0.283 e. The molecule has 2 rings (SSSR count). The van der Waals surface area contributed by atoms with Crippen LogP contribution in [0, 0.1) is 16.0 Å². The Bertz CT molecular complexity index is 568. The molecule has 0 spiro atoms. The molecule has 1 aliphatic rings. The third-order valence-corrected chi connectivity index (χ3v) is 4.24. The summed E-state index contributed by atoms with van der Waals surface area (Å²) in [6, 6.07) is 4.03. The molecule has 122 valence electrons. The van der Waals surface area contributed by atoms with Crippen LogP contribution in [0.2, 0.25) is 5.02 Å². The second-order valence-corrected chi connectivity index (χ2v) is 5.78. The largest absolute Gasteiger partial charge is 0.334 e. The highest BCUT2D eigenvalue weighted by atomic mass is 35.5. The standard InChI is InChI=1S/C14H18ClN3O3.ClH/c1-9-3-2-6-17(13(9)8-16)14(19)11-5-4-10(15)7-12(11)18(20)21;/h4-5,7,9,13H,2-3,6,8,16H2,1H3;1H. The van der Waals surface area contributed by atoms with Gasteiger partial charge in [-0.05, 0) is 30.9 Å². The Balaban J connectivity index is 0.00000242. The number of nitrogens with zero attached hydrogens (tertiary/aromatic N) is 2. The molecule has 6 nitrogen and oxygen atoms in total. The molecule has 1 saturated heterocycles. The molecule has 0 aromatic heterocycles. The van der Waals surface area contributed by atoms with Gasteiger partial charge in [-0.15, -0.1) is 12.4 Å². The maximum absolute atomic E-state index is 12.7. The van der Waals surface area contributed by atoms with Gasteiger partial charge in [-0.2, -0.15) is 0 Å². The molecule has 1 fully saturated rings. The van der Waals surface area contributed by atoms with E-state index in [1.807, 2.05) is 6.92 Å². The zero-order valence-corrected chi connectivity index (χ0v) is 13.8. The van der Waals surface area contributed by atoms with Crippen molar-refractivity contribution in [3.05, 3.63) is 38.9 Å². The van der Waals surface area contributed by atoms with Gasteiger partial charge in [0.2, 0.25) is 0 Å². The Hall–Kier alpha value is -1.37. The molecule has 1 aliphatic heterocycles. The maximum Gasteiger partial charge on any atom is 0.283 e. The number of piperidine rings is 1. The van der Waals surface area contributed by atoms with Gasteiger partial charge in [-0.1, -0.05) is 18.5 Å². The molecule has 0 radical (unpaired) electrons. The number of carbonyl (C=O) groups is 1. The van der Waals surface area contributed by atoms with Gasteiger partial charge in [0.05, 0.1) is 4.92 Å². The van der Waals surface area contributed by atoms with E-state index in [0.29, 0.717) is 19.0 Å². The van der Waals surface area contributed by atoms with E-state index in [1.165, 1.54) is 18.2 Å². The van der Waals surface area contributed by atoms with Crippen molar-refractivity contribution in [2.45, 2.75) is 25.8 Å². The molecule has 2 unspecified atom stereocenters. The summed E-state index contributed by atoms with van der Waals surface area (Å²) < 4.78 is 0. The van der Waals surface area contributed by atoms with Crippen molar-refractivity contribution in [2.75, 3.05) is 13.1 Å². The van der Waals surface area contributed by atoms with Crippen molar-refractivity contribution >= 4 is 35.6 Å². The predicted octanol–water partition coefficient (Wildman–Crippen LogP) is 2.87. The highest BCUT2D eigenvalue weighted by molar-refractivity contribution is 6.31. The number of halogens is 2. The van der Waals surface area contributed by atoms with Gasteiger partial charge in [0.15, 0.2) is 0 Å². The Morgan fingerprint density at radius 3 is 2.82 bits per heavy atom. The van der Waals surface area contributed by atoms with Gasteiger partial charge in [0.25, 0.3) is 11.6 Å². The number of rotatable bonds is 3. The summed E-state index contributed by atoms with van der Waals surface area (Å²) in [5.74, 6) is -0.0561. The molecule has 8 heteroatoms. The summed E-state index contributed by atoms with van der Waals surface area (Å²) in [5.41, 5.74) is 5.58. The Labute approximate surface area is 140 Å². The topological polar surface area (TPSA) is 89.5 Å². The second kappa shape index (κ2) is 7.76. The van der Waals surface area contributed by atoms with Crippen LogP contribution in [0.1, 0.15) is 30.1 Å². The number of nitro benzene ring substituents is 1. The Morgan fingerprint density at radius 1 is 1.55 bits per heavy atom. The molecule has 22 heavy (non-hydrogen) atoms. The summed E-state index contributed by atoms with van der Waals surface area (Å²) >= 11 is 5.78. The van der Waals surface area contributed by atoms with Crippen molar-refractivity contribution < 1.29 is 9.72 Å². The van der Waals surface area contributed by atoms with Gasteiger partial charge in [0, 0.05) is 30.2 Å². The maximum atomic E-state index is 12.7. The van der Waals surface area contributed by atoms with Crippen LogP contribution in [0.25, 0.3) is 0 Å². The molecule has 2 atom stereocenters. The first-order valence-corrected chi connectivity index (χ1v) is 7.28. The quantitative estimate of drug-likeness (QED) is 0.672. The lowest BCUT2D eigenvalue weighted by Crippen LogP contribution is -2.51. The van der Waals surface area contributed by atoms with Gasteiger partial charge in [0.1, 0.15) is 5.56 Å². The Morgan fingerprint density at radius 2 is 2.23 bits per heavy atom. The van der Waals surface area contributed by atoms with Crippen LogP contribution < -0.4 is 5.73 Å². The average Bonchev–Trinajstić information content (AvgIpc) is 2.46. The van der Waals surface area contributed by atoms with E-state index in [-0.39, 0.29) is 40.6 Å². The van der Waals surface area contributed by atoms with Gasteiger partial charge in [-0.3, -0.25) is 14.9 Å². The fourth-order valence-electron chi connectivity index (χ4n) is 2.85. The number of likely N-dealkylation sites (tertiary alicyclic amines) is 1. The number of benzene rings is 1. The highest BCUT2D eigenvalue weighted by Gasteiger charge is 2.34. The highest BCUT2D eigenvalue weighted by Crippen LogP contribution is 2.29. The Kier molecular flexibility index (Phi) is 6.59. The van der Waals surface area contributed by atoms with Crippen LogP contribution in [0.4, 0.5) is 5.69 Å². The SMILES string of the molecule is CC1CCCN(C(=O)c2ccc(Cl)cc2[N+](=O)[O-])C1CN.Cl. The van der Waals surface area contributed by atoms with E-state index >= 15 is 0 Å². The first-order chi connectivity index (χ1) is 9.95. The van der Waals surface area contributed by atoms with Gasteiger partial charge < -0.3 is 10.6 Å². The molecule has 1 heterocycles. The molecule has 1 aromatic rings. The minimum Gasteiger partial charge on any atom is -0.334 e. The average molecular weight is 348 g/mol. The molecular weight excluding hydrogens is 329 g/mol. The van der Waals surface area contributed by atoms with Crippen LogP contribution in [0.5, 0.6) is 0 Å². The molecule has 0 aliphatic carbocycles. The van der Waals surface area contributed by atoms with Crippen molar-refractivity contribution in [3.8, 4) is 0 Å². The summed E-state index contributed by atoms with van der Waals surface area (Å²) in [4.78, 5) is 24.9. The second-order valence-electron chi connectivity index (χ2n) is 5.34. The predicted molar refractivity (Wildman–Crippen MR) is 87.6 cm³/mol. The van der Waals surface area contributed by atoms with Crippen molar-refractivity contribution in [1.29, 1.82) is 0 Å². The van der Waals surface area contributed by atoms with Crippen LogP contribution in [-0.2, 0) is 0 Å². The lowest BCUT2D eigenvalue weighted by atomic mass is 9.90. The normalized spacial score (nSPS) is 21.1. The number of nitrogens with two attached hydrogens (primary N) is 1. The summed E-state index contributed by atoms with van der Waals surface area (Å²) in [6.45, 7) is 2.98. The summed E-state index contributed by atoms with van der Waals surface area (Å²) in [5, 5.41) is 11.4. The first-order valence-electron chi connectivity index (χ1n) is 6.90. The van der Waals surface area contributed by atoms with Gasteiger partial charge >= 0.3 is 0 Å². The van der Waals surface area contributed by atoms with Crippen molar-refractivity contribution in [3.63, 3.8) is 0 Å². The molecular formula is C14H19Cl2N3O3.